The number of benzene rings is 1. The van der Waals surface area contributed by atoms with Crippen LogP contribution in [0.1, 0.15) is 18.5 Å². The molecule has 0 fully saturated rings. The van der Waals surface area contributed by atoms with Crippen molar-refractivity contribution in [2.24, 2.45) is 0 Å². The van der Waals surface area contributed by atoms with Crippen molar-refractivity contribution in [3.8, 4) is 5.75 Å². The lowest BCUT2D eigenvalue weighted by atomic mass is 10.1. The van der Waals surface area contributed by atoms with E-state index in [1.165, 1.54) is 47.7 Å². The van der Waals surface area contributed by atoms with Crippen molar-refractivity contribution < 1.29 is 23.0 Å². The van der Waals surface area contributed by atoms with E-state index in [4.69, 9.17) is 0 Å². The molecule has 8 heteroatoms. The Balaban J connectivity index is 1.98. The second-order valence-electron chi connectivity index (χ2n) is 4.58. The number of aliphatic hydroxyl groups is 1. The minimum atomic E-state index is -4.71. The molecule has 1 aromatic carbocycles. The molecule has 0 saturated heterocycles. The van der Waals surface area contributed by atoms with Crippen molar-refractivity contribution in [2.75, 3.05) is 0 Å². The van der Waals surface area contributed by atoms with Crippen molar-refractivity contribution in [1.29, 1.82) is 0 Å². The molecule has 0 amide bonds. The minimum Gasteiger partial charge on any atom is -0.406 e. The smallest absolute Gasteiger partial charge is 0.406 e. The van der Waals surface area contributed by atoms with E-state index in [2.05, 4.69) is 14.8 Å². The molecule has 2 aromatic rings. The Kier molecular flexibility index (Phi) is 4.81. The van der Waals surface area contributed by atoms with Gasteiger partial charge in [-0.1, -0.05) is 24.3 Å². The molecule has 2 unspecified atom stereocenters. The number of halogens is 3. The molecule has 1 N–H and O–H groups in total. The first-order valence-corrected chi connectivity index (χ1v) is 6.41. The van der Waals surface area contributed by atoms with Gasteiger partial charge in [-0.25, -0.2) is 9.67 Å². The molecular weight excluding hydrogens is 299 g/mol. The average Bonchev–Trinajstić information content (AvgIpc) is 2.98. The van der Waals surface area contributed by atoms with Crippen LogP contribution in [0.2, 0.25) is 0 Å². The lowest BCUT2D eigenvalue weighted by Crippen LogP contribution is -2.19. The van der Waals surface area contributed by atoms with Crippen molar-refractivity contribution in [1.82, 2.24) is 14.8 Å². The monoisotopic (exact) mass is 313 g/mol. The van der Waals surface area contributed by atoms with Crippen LogP contribution in [0, 0.1) is 0 Å². The second-order valence-corrected chi connectivity index (χ2v) is 4.58. The predicted octanol–water partition coefficient (Wildman–Crippen LogP) is 2.81. The van der Waals surface area contributed by atoms with Gasteiger partial charge in [0.05, 0.1) is 12.1 Å². The van der Waals surface area contributed by atoms with Gasteiger partial charge in [0.2, 0.25) is 0 Å². The molecule has 0 aliphatic heterocycles. The van der Waals surface area contributed by atoms with Gasteiger partial charge in [0.15, 0.2) is 0 Å². The van der Waals surface area contributed by atoms with Gasteiger partial charge in [0.1, 0.15) is 18.4 Å². The maximum atomic E-state index is 12.0. The van der Waals surface area contributed by atoms with Crippen LogP contribution < -0.4 is 4.74 Å². The summed E-state index contributed by atoms with van der Waals surface area (Å²) >= 11 is 0. The number of ether oxygens (including phenoxy) is 1. The molecule has 0 saturated carbocycles. The van der Waals surface area contributed by atoms with Crippen LogP contribution in [0.5, 0.6) is 5.75 Å². The van der Waals surface area contributed by atoms with E-state index in [9.17, 15) is 18.3 Å². The predicted molar refractivity (Wildman–Crippen MR) is 72.9 cm³/mol. The van der Waals surface area contributed by atoms with E-state index in [0.717, 1.165) is 0 Å². The number of alkyl halides is 3. The first-order valence-electron chi connectivity index (χ1n) is 6.41. The van der Waals surface area contributed by atoms with Gasteiger partial charge in [-0.15, -0.1) is 13.2 Å². The van der Waals surface area contributed by atoms with Gasteiger partial charge in [0.25, 0.3) is 0 Å². The largest absolute Gasteiger partial charge is 0.573 e. The van der Waals surface area contributed by atoms with E-state index < -0.39 is 12.5 Å². The van der Waals surface area contributed by atoms with E-state index in [1.54, 1.807) is 13.0 Å². The SMILES string of the molecule is CC(C(O)/C=C/c1ccc(OC(F)(F)F)cc1)n1cncn1. The van der Waals surface area contributed by atoms with E-state index in [0.29, 0.717) is 5.56 Å². The fraction of sp³-hybridized carbons (Fsp3) is 0.286. The van der Waals surface area contributed by atoms with E-state index in [1.807, 2.05) is 0 Å². The van der Waals surface area contributed by atoms with E-state index in [-0.39, 0.29) is 11.8 Å². The summed E-state index contributed by atoms with van der Waals surface area (Å²) < 4.78 is 41.4. The molecule has 2 atom stereocenters. The summed E-state index contributed by atoms with van der Waals surface area (Å²) in [6.07, 6.45) is 0.479. The zero-order chi connectivity index (χ0) is 16.2. The normalized spacial score (nSPS) is 15.0. The van der Waals surface area contributed by atoms with Crippen LogP contribution in [-0.4, -0.2) is 32.3 Å². The van der Waals surface area contributed by atoms with Crippen LogP contribution in [-0.2, 0) is 0 Å². The zero-order valence-electron chi connectivity index (χ0n) is 11.6. The molecule has 0 radical (unpaired) electrons. The van der Waals surface area contributed by atoms with Crippen molar-refractivity contribution in [3.63, 3.8) is 0 Å². The highest BCUT2D eigenvalue weighted by Crippen LogP contribution is 2.23. The number of rotatable bonds is 5. The van der Waals surface area contributed by atoms with Gasteiger partial charge in [-0.3, -0.25) is 0 Å². The van der Waals surface area contributed by atoms with Crippen molar-refractivity contribution in [2.45, 2.75) is 25.4 Å². The highest BCUT2D eigenvalue weighted by Gasteiger charge is 2.30. The van der Waals surface area contributed by atoms with Gasteiger partial charge in [-0.05, 0) is 24.6 Å². The Bertz CT molecular complexity index is 609. The Labute approximate surface area is 124 Å². The standard InChI is InChI=1S/C14H14F3N3O2/c1-10(20-9-18-8-19-20)13(21)7-4-11-2-5-12(6-3-11)22-14(15,16)17/h2-10,13,21H,1H3/b7-4+. The third kappa shape index (κ3) is 4.59. The highest BCUT2D eigenvalue weighted by atomic mass is 19.4. The molecule has 1 heterocycles. The van der Waals surface area contributed by atoms with Gasteiger partial charge in [-0.2, -0.15) is 5.10 Å². The Morgan fingerprint density at radius 3 is 2.50 bits per heavy atom. The van der Waals surface area contributed by atoms with Gasteiger partial charge >= 0.3 is 6.36 Å². The first-order chi connectivity index (χ1) is 10.3. The molecular formula is C14H14F3N3O2. The Hall–Kier alpha value is -2.35. The second kappa shape index (κ2) is 6.61. The van der Waals surface area contributed by atoms with E-state index >= 15 is 0 Å². The molecule has 118 valence electrons. The number of aromatic nitrogens is 3. The average molecular weight is 313 g/mol. The fourth-order valence-electron chi connectivity index (χ4n) is 1.74. The topological polar surface area (TPSA) is 60.2 Å². The summed E-state index contributed by atoms with van der Waals surface area (Å²) in [6.45, 7) is 1.77. The molecule has 0 spiro atoms. The number of nitrogens with zero attached hydrogens (tertiary/aromatic N) is 3. The van der Waals surface area contributed by atoms with Crippen LogP contribution >= 0.6 is 0 Å². The highest BCUT2D eigenvalue weighted by molar-refractivity contribution is 5.51. The molecule has 0 aliphatic rings. The first kappa shape index (κ1) is 16.0. The van der Waals surface area contributed by atoms with Gasteiger partial charge in [0, 0.05) is 0 Å². The molecule has 1 aromatic heterocycles. The van der Waals surface area contributed by atoms with Gasteiger partial charge < -0.3 is 9.84 Å². The summed E-state index contributed by atoms with van der Waals surface area (Å²) in [5, 5.41) is 13.9. The zero-order valence-corrected chi connectivity index (χ0v) is 11.6. The van der Waals surface area contributed by atoms with Crippen molar-refractivity contribution in [3.05, 3.63) is 48.6 Å². The van der Waals surface area contributed by atoms with Crippen LogP contribution in [0.3, 0.4) is 0 Å². The minimum absolute atomic E-state index is 0.291. The maximum Gasteiger partial charge on any atom is 0.573 e. The quantitative estimate of drug-likeness (QED) is 0.922. The number of hydrogen-bond donors (Lipinski definition) is 1. The number of aliphatic hydroxyl groups excluding tert-OH is 1. The summed E-state index contributed by atoms with van der Waals surface area (Å²) in [5.74, 6) is -0.291. The number of hydrogen-bond acceptors (Lipinski definition) is 4. The van der Waals surface area contributed by atoms with Crippen LogP contribution in [0.4, 0.5) is 13.2 Å². The molecule has 5 nitrogen and oxygen atoms in total. The Morgan fingerprint density at radius 1 is 1.27 bits per heavy atom. The molecule has 0 aliphatic carbocycles. The Morgan fingerprint density at radius 2 is 1.95 bits per heavy atom. The van der Waals surface area contributed by atoms with Crippen LogP contribution in [0.25, 0.3) is 6.08 Å². The third-order valence-corrected chi connectivity index (χ3v) is 2.95. The third-order valence-electron chi connectivity index (χ3n) is 2.95. The van der Waals surface area contributed by atoms with Crippen LogP contribution in [0.15, 0.2) is 43.0 Å². The summed E-state index contributed by atoms with van der Waals surface area (Å²) in [5.41, 5.74) is 0.638. The molecule has 2 rings (SSSR count). The van der Waals surface area contributed by atoms with Crippen molar-refractivity contribution >= 4 is 6.08 Å². The molecule has 22 heavy (non-hydrogen) atoms. The summed E-state index contributed by atoms with van der Waals surface area (Å²) in [4.78, 5) is 3.79. The molecule has 0 bridgehead atoms. The lowest BCUT2D eigenvalue weighted by molar-refractivity contribution is -0.274. The maximum absolute atomic E-state index is 12.0. The fourth-order valence-corrected chi connectivity index (χ4v) is 1.74. The lowest BCUT2D eigenvalue weighted by Gasteiger charge is -2.15. The summed E-state index contributed by atoms with van der Waals surface area (Å²) in [6, 6.07) is 5.03. The summed E-state index contributed by atoms with van der Waals surface area (Å²) in [7, 11) is 0.